The van der Waals surface area contributed by atoms with Crippen LogP contribution in [0, 0.1) is 23.4 Å². The lowest BCUT2D eigenvalue weighted by molar-refractivity contribution is -0.272. The standard InChI is InChI=1S/C22H18F8N2O4/c1-8-14(10-4-6-13(24)15(25)16(10)35-20(26)27)17(36-21(8,2)22(28,29)30)19(34)32-9-3-5-12(23)11(7-9)18(31)33/h3-8,14,17,20H,1-2H3,(H2,31,33)(H,32,34)/t8-,14-,17+,21+/m1/s1. The van der Waals surface area contributed by atoms with E-state index < -0.39 is 82.5 Å². The maximum absolute atomic E-state index is 14.4. The van der Waals surface area contributed by atoms with Gasteiger partial charge in [0.25, 0.3) is 11.8 Å². The van der Waals surface area contributed by atoms with Crippen molar-refractivity contribution in [3.05, 3.63) is 58.9 Å². The normalized spacial score (nSPS) is 24.1. The Balaban J connectivity index is 2.11. The second-order valence-corrected chi connectivity index (χ2v) is 8.16. The maximum Gasteiger partial charge on any atom is 0.417 e. The van der Waals surface area contributed by atoms with Crippen molar-refractivity contribution in [1.82, 2.24) is 0 Å². The number of anilines is 1. The van der Waals surface area contributed by atoms with Crippen LogP contribution >= 0.6 is 0 Å². The van der Waals surface area contributed by atoms with Crippen molar-refractivity contribution < 1.29 is 54.2 Å². The molecule has 14 heteroatoms. The van der Waals surface area contributed by atoms with Crippen LogP contribution in [0.5, 0.6) is 5.75 Å². The van der Waals surface area contributed by atoms with Gasteiger partial charge >= 0.3 is 12.8 Å². The van der Waals surface area contributed by atoms with Crippen LogP contribution in [0.25, 0.3) is 0 Å². The molecule has 2 amide bonds. The van der Waals surface area contributed by atoms with E-state index in [-0.39, 0.29) is 5.69 Å². The van der Waals surface area contributed by atoms with Crippen molar-refractivity contribution in [2.45, 2.75) is 44.3 Å². The Morgan fingerprint density at radius 1 is 1.11 bits per heavy atom. The highest BCUT2D eigenvalue weighted by molar-refractivity contribution is 5.98. The van der Waals surface area contributed by atoms with E-state index in [2.05, 4.69) is 10.1 Å². The van der Waals surface area contributed by atoms with E-state index >= 15 is 0 Å². The molecule has 0 radical (unpaired) electrons. The van der Waals surface area contributed by atoms with Crippen LogP contribution in [0.4, 0.5) is 40.8 Å². The van der Waals surface area contributed by atoms with E-state index in [1.54, 1.807) is 0 Å². The zero-order chi connectivity index (χ0) is 27.2. The summed E-state index contributed by atoms with van der Waals surface area (Å²) in [6.07, 6.45) is -7.18. The highest BCUT2D eigenvalue weighted by Gasteiger charge is 2.66. The minimum atomic E-state index is -5.09. The molecule has 2 aromatic carbocycles. The zero-order valence-electron chi connectivity index (χ0n) is 18.4. The summed E-state index contributed by atoms with van der Waals surface area (Å²) in [6.45, 7) is -2.08. The Hall–Kier alpha value is -3.42. The molecule has 2 aromatic rings. The molecule has 1 fully saturated rings. The fourth-order valence-electron chi connectivity index (χ4n) is 4.05. The van der Waals surface area contributed by atoms with Crippen LogP contribution in [0.15, 0.2) is 30.3 Å². The Kier molecular flexibility index (Phi) is 7.22. The Labute approximate surface area is 198 Å². The molecule has 0 unspecified atom stereocenters. The van der Waals surface area contributed by atoms with Gasteiger partial charge in [-0.15, -0.1) is 0 Å². The van der Waals surface area contributed by atoms with Crippen LogP contribution in [0.3, 0.4) is 0 Å². The van der Waals surface area contributed by atoms with Gasteiger partial charge in [-0.05, 0) is 31.2 Å². The monoisotopic (exact) mass is 526 g/mol. The summed E-state index contributed by atoms with van der Waals surface area (Å²) in [4.78, 5) is 24.4. The first-order chi connectivity index (χ1) is 16.6. The lowest BCUT2D eigenvalue weighted by Crippen LogP contribution is -2.47. The summed E-state index contributed by atoms with van der Waals surface area (Å²) >= 11 is 0. The van der Waals surface area contributed by atoms with Gasteiger partial charge in [0.1, 0.15) is 11.9 Å². The van der Waals surface area contributed by atoms with Gasteiger partial charge in [0.05, 0.1) is 5.56 Å². The molecular weight excluding hydrogens is 508 g/mol. The SMILES string of the molecule is C[C@@H]1[C@H](c2ccc(F)c(F)c2OC(F)F)[C@@H](C(=O)Nc2ccc(F)c(C(N)=O)c2)O[C@]1(C)C(F)(F)F. The molecule has 1 saturated heterocycles. The van der Waals surface area contributed by atoms with Gasteiger partial charge in [-0.2, -0.15) is 26.3 Å². The summed E-state index contributed by atoms with van der Waals surface area (Å²) in [6, 6.07) is 3.74. The average molecular weight is 526 g/mol. The number of hydrogen-bond acceptors (Lipinski definition) is 4. The van der Waals surface area contributed by atoms with Gasteiger partial charge in [0, 0.05) is 23.1 Å². The molecule has 0 spiro atoms. The van der Waals surface area contributed by atoms with Gasteiger partial charge in [-0.1, -0.05) is 13.0 Å². The third-order valence-electron chi connectivity index (χ3n) is 6.07. The second-order valence-electron chi connectivity index (χ2n) is 8.16. The summed E-state index contributed by atoms with van der Waals surface area (Å²) in [7, 11) is 0. The molecule has 4 atom stereocenters. The van der Waals surface area contributed by atoms with Gasteiger partial charge in [-0.3, -0.25) is 9.59 Å². The summed E-state index contributed by atoms with van der Waals surface area (Å²) in [5.74, 6) is -11.9. The average Bonchev–Trinajstić information content (AvgIpc) is 3.04. The number of amides is 2. The first kappa shape index (κ1) is 27.2. The van der Waals surface area contributed by atoms with E-state index in [0.29, 0.717) is 19.1 Å². The number of carbonyl (C=O) groups excluding carboxylic acids is 2. The number of benzene rings is 2. The first-order valence-corrected chi connectivity index (χ1v) is 10.2. The first-order valence-electron chi connectivity index (χ1n) is 10.2. The van der Waals surface area contributed by atoms with Crippen LogP contribution in [0.1, 0.15) is 35.7 Å². The van der Waals surface area contributed by atoms with E-state index in [4.69, 9.17) is 10.5 Å². The number of nitrogens with one attached hydrogen (secondary N) is 1. The van der Waals surface area contributed by atoms with E-state index in [0.717, 1.165) is 25.1 Å². The largest absolute Gasteiger partial charge is 0.431 e. The predicted octanol–water partition coefficient (Wildman–Crippen LogP) is 4.88. The summed E-state index contributed by atoms with van der Waals surface area (Å²) < 4.78 is 119. The molecule has 6 nitrogen and oxygen atoms in total. The lowest BCUT2D eigenvalue weighted by Gasteiger charge is -2.32. The summed E-state index contributed by atoms with van der Waals surface area (Å²) in [5.41, 5.74) is 0.424. The highest BCUT2D eigenvalue weighted by Crippen LogP contribution is 2.55. The van der Waals surface area contributed by atoms with Crippen LogP contribution in [-0.2, 0) is 9.53 Å². The quantitative estimate of drug-likeness (QED) is 0.525. The zero-order valence-corrected chi connectivity index (χ0v) is 18.4. The van der Waals surface area contributed by atoms with E-state index in [9.17, 15) is 44.7 Å². The smallest absolute Gasteiger partial charge is 0.417 e. The number of ether oxygens (including phenoxy) is 2. The van der Waals surface area contributed by atoms with Crippen molar-refractivity contribution in [1.29, 1.82) is 0 Å². The lowest BCUT2D eigenvalue weighted by atomic mass is 9.77. The number of hydrogen-bond donors (Lipinski definition) is 2. The van der Waals surface area contributed by atoms with E-state index in [1.165, 1.54) is 0 Å². The second kappa shape index (κ2) is 9.56. The Morgan fingerprint density at radius 3 is 2.28 bits per heavy atom. The molecule has 0 aromatic heterocycles. The number of nitrogens with two attached hydrogens (primary N) is 1. The van der Waals surface area contributed by atoms with Gasteiger partial charge < -0.3 is 20.5 Å². The van der Waals surface area contributed by atoms with Crippen molar-refractivity contribution >= 4 is 17.5 Å². The minimum Gasteiger partial charge on any atom is -0.431 e. The third kappa shape index (κ3) is 4.81. The Morgan fingerprint density at radius 2 is 1.72 bits per heavy atom. The Bertz CT molecular complexity index is 1190. The molecule has 196 valence electrons. The van der Waals surface area contributed by atoms with Crippen LogP contribution in [-0.4, -0.2) is 36.3 Å². The molecule has 1 aliphatic heterocycles. The molecular formula is C22H18F8N2O4. The predicted molar refractivity (Wildman–Crippen MR) is 108 cm³/mol. The molecule has 0 aliphatic carbocycles. The fourth-order valence-corrected chi connectivity index (χ4v) is 4.05. The highest BCUT2D eigenvalue weighted by atomic mass is 19.4. The number of halogens is 8. The number of primary amides is 1. The number of carbonyl (C=O) groups is 2. The van der Waals surface area contributed by atoms with Gasteiger partial charge in [-0.25, -0.2) is 8.78 Å². The van der Waals surface area contributed by atoms with Crippen molar-refractivity contribution in [3.63, 3.8) is 0 Å². The van der Waals surface area contributed by atoms with Crippen molar-refractivity contribution in [2.24, 2.45) is 11.7 Å². The molecule has 0 bridgehead atoms. The third-order valence-corrected chi connectivity index (χ3v) is 6.07. The van der Waals surface area contributed by atoms with Crippen LogP contribution in [0.2, 0.25) is 0 Å². The van der Waals surface area contributed by atoms with E-state index in [1.807, 2.05) is 0 Å². The topological polar surface area (TPSA) is 90.6 Å². The van der Waals surface area contributed by atoms with Crippen LogP contribution < -0.4 is 15.8 Å². The molecule has 0 saturated carbocycles. The van der Waals surface area contributed by atoms with Crippen molar-refractivity contribution in [2.75, 3.05) is 5.32 Å². The molecule has 36 heavy (non-hydrogen) atoms. The van der Waals surface area contributed by atoms with Gasteiger partial charge in [0.15, 0.2) is 17.2 Å². The van der Waals surface area contributed by atoms with Gasteiger partial charge in [0.2, 0.25) is 5.82 Å². The fraction of sp³-hybridized carbons (Fsp3) is 0.364. The molecule has 1 heterocycles. The van der Waals surface area contributed by atoms with Crippen molar-refractivity contribution in [3.8, 4) is 5.75 Å². The molecule has 3 rings (SSSR count). The maximum atomic E-state index is 14.4. The minimum absolute atomic E-state index is 0.264. The number of alkyl halides is 5. The molecule has 3 N–H and O–H groups in total. The molecule has 1 aliphatic rings. The number of rotatable bonds is 6. The summed E-state index contributed by atoms with van der Waals surface area (Å²) in [5, 5.41) is 2.14.